The van der Waals surface area contributed by atoms with E-state index in [4.69, 9.17) is 4.74 Å². The maximum absolute atomic E-state index is 5.70. The molecule has 0 radical (unpaired) electrons. The minimum atomic E-state index is 0.102. The van der Waals surface area contributed by atoms with Gasteiger partial charge in [-0.1, -0.05) is 0 Å². The lowest BCUT2D eigenvalue weighted by molar-refractivity contribution is -0.00738. The van der Waals surface area contributed by atoms with Crippen LogP contribution in [0, 0.1) is 0 Å². The van der Waals surface area contributed by atoms with E-state index < -0.39 is 0 Å². The molecule has 0 spiro atoms. The van der Waals surface area contributed by atoms with Gasteiger partial charge in [0, 0.05) is 0 Å². The summed E-state index contributed by atoms with van der Waals surface area (Å²) < 4.78 is 5.70. The molecule has 2 saturated heterocycles. The van der Waals surface area contributed by atoms with Gasteiger partial charge in [-0.05, 0) is 32.7 Å². The Bertz CT molecular complexity index is 116. The summed E-state index contributed by atoms with van der Waals surface area (Å²) in [6, 6.07) is 0. The first kappa shape index (κ1) is 5.69. The summed E-state index contributed by atoms with van der Waals surface area (Å²) in [4.78, 5) is 0. The quantitative estimate of drug-likeness (QED) is 0.564. The van der Waals surface area contributed by atoms with E-state index in [9.17, 15) is 0 Å². The van der Waals surface area contributed by atoms with Gasteiger partial charge in [0.2, 0.25) is 0 Å². The van der Waals surface area contributed by atoms with Crippen LogP contribution in [0.4, 0.5) is 0 Å². The fraction of sp³-hybridized carbons (Fsp3) is 1.00. The molecule has 2 fully saturated rings. The standard InChI is InChI=1S/C7H13NO/c1-8-7-4-2-6(9-7)3-5-7/h6,8H,2-5H2,1H3. The summed E-state index contributed by atoms with van der Waals surface area (Å²) >= 11 is 0. The Morgan fingerprint density at radius 1 is 1.44 bits per heavy atom. The molecule has 1 N–H and O–H groups in total. The molecule has 0 aromatic carbocycles. The fourth-order valence-corrected chi connectivity index (χ4v) is 1.92. The van der Waals surface area contributed by atoms with Gasteiger partial charge in [0.25, 0.3) is 0 Å². The van der Waals surface area contributed by atoms with Crippen LogP contribution in [-0.4, -0.2) is 18.9 Å². The van der Waals surface area contributed by atoms with Crippen LogP contribution in [0.3, 0.4) is 0 Å². The third-order valence-electron chi connectivity index (χ3n) is 2.59. The monoisotopic (exact) mass is 127 g/mol. The molecule has 2 nitrogen and oxygen atoms in total. The summed E-state index contributed by atoms with van der Waals surface area (Å²) in [7, 11) is 1.99. The Morgan fingerprint density at radius 2 is 2.11 bits per heavy atom. The first-order valence-electron chi connectivity index (χ1n) is 3.71. The largest absolute Gasteiger partial charge is 0.357 e. The van der Waals surface area contributed by atoms with E-state index in [1.807, 2.05) is 7.05 Å². The van der Waals surface area contributed by atoms with Gasteiger partial charge in [-0.15, -0.1) is 0 Å². The van der Waals surface area contributed by atoms with E-state index >= 15 is 0 Å². The molecule has 9 heavy (non-hydrogen) atoms. The van der Waals surface area contributed by atoms with E-state index in [1.165, 1.54) is 25.7 Å². The number of fused-ring (bicyclic) bond motifs is 2. The van der Waals surface area contributed by atoms with E-state index in [0.29, 0.717) is 6.10 Å². The Morgan fingerprint density at radius 3 is 2.33 bits per heavy atom. The molecular formula is C7H13NO. The zero-order valence-corrected chi connectivity index (χ0v) is 5.81. The number of hydrogen-bond acceptors (Lipinski definition) is 2. The molecule has 0 unspecified atom stereocenters. The molecule has 2 rings (SSSR count). The Balaban J connectivity index is 2.13. The number of ether oxygens (including phenoxy) is 1. The van der Waals surface area contributed by atoms with Gasteiger partial charge >= 0.3 is 0 Å². The Hall–Kier alpha value is -0.0800. The van der Waals surface area contributed by atoms with Crippen LogP contribution in [0.1, 0.15) is 25.7 Å². The van der Waals surface area contributed by atoms with E-state index in [-0.39, 0.29) is 5.72 Å². The number of nitrogens with one attached hydrogen (secondary N) is 1. The molecule has 0 saturated carbocycles. The molecule has 0 aromatic heterocycles. The van der Waals surface area contributed by atoms with Gasteiger partial charge < -0.3 is 4.74 Å². The van der Waals surface area contributed by atoms with Crippen LogP contribution in [0.15, 0.2) is 0 Å². The second kappa shape index (κ2) is 1.70. The normalized spacial score (nSPS) is 48.3. The van der Waals surface area contributed by atoms with E-state index in [2.05, 4.69) is 5.32 Å². The lowest BCUT2D eigenvalue weighted by atomic mass is 9.96. The van der Waals surface area contributed by atoms with Crippen molar-refractivity contribution in [1.82, 2.24) is 5.32 Å². The molecule has 2 bridgehead atoms. The first-order valence-corrected chi connectivity index (χ1v) is 3.71. The molecule has 2 aliphatic heterocycles. The molecular weight excluding hydrogens is 114 g/mol. The molecule has 0 aliphatic carbocycles. The lowest BCUT2D eigenvalue weighted by Crippen LogP contribution is -2.39. The predicted molar refractivity (Wildman–Crippen MR) is 35.1 cm³/mol. The van der Waals surface area contributed by atoms with Gasteiger partial charge in [-0.2, -0.15) is 0 Å². The zero-order chi connectivity index (χ0) is 6.32. The average molecular weight is 127 g/mol. The van der Waals surface area contributed by atoms with Gasteiger partial charge in [-0.25, -0.2) is 0 Å². The molecule has 2 aliphatic rings. The molecule has 2 heteroatoms. The van der Waals surface area contributed by atoms with Crippen molar-refractivity contribution < 1.29 is 4.74 Å². The Kier molecular flexibility index (Phi) is 1.08. The number of rotatable bonds is 1. The average Bonchev–Trinajstić information content (AvgIpc) is 2.46. The third kappa shape index (κ3) is 0.700. The second-order valence-electron chi connectivity index (χ2n) is 3.06. The van der Waals surface area contributed by atoms with Crippen molar-refractivity contribution in [3.8, 4) is 0 Å². The molecule has 2 heterocycles. The molecule has 0 amide bonds. The first-order chi connectivity index (χ1) is 4.35. The van der Waals surface area contributed by atoms with Crippen molar-refractivity contribution in [2.24, 2.45) is 0 Å². The highest BCUT2D eigenvalue weighted by molar-refractivity contribution is 4.92. The topological polar surface area (TPSA) is 21.3 Å². The summed E-state index contributed by atoms with van der Waals surface area (Å²) in [5.74, 6) is 0. The van der Waals surface area contributed by atoms with Crippen LogP contribution < -0.4 is 5.32 Å². The third-order valence-corrected chi connectivity index (χ3v) is 2.59. The lowest BCUT2D eigenvalue weighted by Gasteiger charge is -2.22. The highest BCUT2D eigenvalue weighted by Gasteiger charge is 2.44. The van der Waals surface area contributed by atoms with Crippen molar-refractivity contribution in [3.05, 3.63) is 0 Å². The van der Waals surface area contributed by atoms with Crippen molar-refractivity contribution in [3.63, 3.8) is 0 Å². The molecule has 0 aromatic rings. The highest BCUT2D eigenvalue weighted by Crippen LogP contribution is 2.40. The summed E-state index contributed by atoms with van der Waals surface area (Å²) in [6.07, 6.45) is 5.54. The summed E-state index contributed by atoms with van der Waals surface area (Å²) in [5, 5.41) is 3.25. The smallest absolute Gasteiger partial charge is 0.119 e. The number of hydrogen-bond donors (Lipinski definition) is 1. The van der Waals surface area contributed by atoms with Crippen molar-refractivity contribution in [2.75, 3.05) is 7.05 Å². The molecule has 52 valence electrons. The predicted octanol–water partition coefficient (Wildman–Crippen LogP) is 0.875. The Labute approximate surface area is 55.6 Å². The minimum absolute atomic E-state index is 0.102. The van der Waals surface area contributed by atoms with Gasteiger partial charge in [0.15, 0.2) is 0 Å². The van der Waals surface area contributed by atoms with Crippen molar-refractivity contribution >= 4 is 0 Å². The second-order valence-corrected chi connectivity index (χ2v) is 3.06. The van der Waals surface area contributed by atoms with Crippen molar-refractivity contribution in [2.45, 2.75) is 37.5 Å². The van der Waals surface area contributed by atoms with Crippen LogP contribution >= 0.6 is 0 Å². The van der Waals surface area contributed by atoms with Gasteiger partial charge in [0.1, 0.15) is 5.72 Å². The maximum atomic E-state index is 5.70. The summed E-state index contributed by atoms with van der Waals surface area (Å²) in [5.41, 5.74) is 0.102. The maximum Gasteiger partial charge on any atom is 0.119 e. The van der Waals surface area contributed by atoms with Crippen LogP contribution in [0.25, 0.3) is 0 Å². The van der Waals surface area contributed by atoms with Crippen LogP contribution in [0.5, 0.6) is 0 Å². The summed E-state index contributed by atoms with van der Waals surface area (Å²) in [6.45, 7) is 0. The highest BCUT2D eigenvalue weighted by atomic mass is 16.5. The van der Waals surface area contributed by atoms with Crippen molar-refractivity contribution in [1.29, 1.82) is 0 Å². The van der Waals surface area contributed by atoms with Crippen LogP contribution in [0.2, 0.25) is 0 Å². The van der Waals surface area contributed by atoms with Gasteiger partial charge in [-0.3, -0.25) is 5.32 Å². The van der Waals surface area contributed by atoms with Crippen LogP contribution in [-0.2, 0) is 4.74 Å². The zero-order valence-electron chi connectivity index (χ0n) is 5.81. The molecule has 0 atom stereocenters. The SMILES string of the molecule is CNC12CCC(CC1)O2. The minimum Gasteiger partial charge on any atom is -0.357 e. The van der Waals surface area contributed by atoms with E-state index in [0.717, 1.165) is 0 Å². The van der Waals surface area contributed by atoms with E-state index in [1.54, 1.807) is 0 Å². The fourth-order valence-electron chi connectivity index (χ4n) is 1.92. The van der Waals surface area contributed by atoms with Gasteiger partial charge in [0.05, 0.1) is 6.10 Å².